The summed E-state index contributed by atoms with van der Waals surface area (Å²) in [5.41, 5.74) is 1.42. The molecule has 3 rings (SSSR count). The molecule has 2 aromatic rings. The number of rotatable bonds is 3. The molecule has 1 aliphatic rings. The van der Waals surface area contributed by atoms with Crippen LogP contribution in [0.25, 0.3) is 0 Å². The van der Waals surface area contributed by atoms with Crippen molar-refractivity contribution in [2.45, 2.75) is 19.5 Å². The molecule has 0 saturated carbocycles. The molecule has 0 radical (unpaired) electrons. The number of nitrogens with one attached hydrogen (secondary N) is 1. The lowest BCUT2D eigenvalue weighted by molar-refractivity contribution is -0.382. The van der Waals surface area contributed by atoms with Crippen molar-refractivity contribution in [3.05, 3.63) is 59.8 Å². The van der Waals surface area contributed by atoms with Gasteiger partial charge in [0.25, 0.3) is 5.91 Å². The first-order valence-electron chi connectivity index (χ1n) is 6.35. The Morgan fingerprint density at radius 3 is 2.65 bits per heavy atom. The van der Waals surface area contributed by atoms with E-state index in [0.29, 0.717) is 11.4 Å². The largest absolute Gasteiger partial charge is 0.320 e. The highest BCUT2D eigenvalue weighted by molar-refractivity contribution is 6.03. The SMILES string of the molecule is CC1OC(c2ccnc(NC(=O)c3ccccc3)c2)O1. The third kappa shape index (κ3) is 2.68. The summed E-state index contributed by atoms with van der Waals surface area (Å²) in [6, 6.07) is 12.5. The van der Waals surface area contributed by atoms with Crippen LogP contribution < -0.4 is 5.32 Å². The minimum atomic E-state index is -0.375. The Balaban J connectivity index is 1.71. The number of nitrogens with zero attached hydrogens (tertiary/aromatic N) is 1. The van der Waals surface area contributed by atoms with Crippen molar-refractivity contribution in [2.75, 3.05) is 5.32 Å². The molecule has 1 aliphatic heterocycles. The predicted molar refractivity (Wildman–Crippen MR) is 73.0 cm³/mol. The van der Waals surface area contributed by atoms with Crippen LogP contribution >= 0.6 is 0 Å². The van der Waals surface area contributed by atoms with Gasteiger partial charge in [-0.15, -0.1) is 0 Å². The van der Waals surface area contributed by atoms with Gasteiger partial charge in [-0.1, -0.05) is 18.2 Å². The summed E-state index contributed by atoms with van der Waals surface area (Å²) >= 11 is 0. The topological polar surface area (TPSA) is 60.5 Å². The summed E-state index contributed by atoms with van der Waals surface area (Å²) in [4.78, 5) is 16.1. The van der Waals surface area contributed by atoms with E-state index in [0.717, 1.165) is 5.56 Å². The third-order valence-electron chi connectivity index (χ3n) is 2.96. The van der Waals surface area contributed by atoms with E-state index in [-0.39, 0.29) is 18.5 Å². The second kappa shape index (κ2) is 5.40. The molecule has 5 heteroatoms. The molecule has 1 aromatic heterocycles. The van der Waals surface area contributed by atoms with Gasteiger partial charge in [-0.25, -0.2) is 4.98 Å². The van der Waals surface area contributed by atoms with Gasteiger partial charge in [0.2, 0.25) is 0 Å². The Morgan fingerprint density at radius 1 is 1.20 bits per heavy atom. The Labute approximate surface area is 116 Å². The minimum Gasteiger partial charge on any atom is -0.320 e. The van der Waals surface area contributed by atoms with Crippen LogP contribution in [0, 0.1) is 0 Å². The second-order valence-electron chi connectivity index (χ2n) is 4.47. The van der Waals surface area contributed by atoms with Crippen LogP contribution in [0.5, 0.6) is 0 Å². The standard InChI is InChI=1S/C15H14N2O3/c1-10-19-15(20-10)12-7-8-16-13(9-12)17-14(18)11-5-3-2-4-6-11/h2-10,15H,1H3,(H,16,17,18). The fourth-order valence-electron chi connectivity index (χ4n) is 1.96. The number of carbonyl (C=O) groups excluding carboxylic acids is 1. The van der Waals surface area contributed by atoms with Crippen LogP contribution in [-0.4, -0.2) is 17.2 Å². The summed E-state index contributed by atoms with van der Waals surface area (Å²) in [5.74, 6) is 0.280. The Kier molecular flexibility index (Phi) is 3.45. The number of hydrogen-bond acceptors (Lipinski definition) is 4. The lowest BCUT2D eigenvalue weighted by Gasteiger charge is -2.33. The minimum absolute atomic E-state index is 0.185. The van der Waals surface area contributed by atoms with Crippen molar-refractivity contribution in [1.29, 1.82) is 0 Å². The van der Waals surface area contributed by atoms with E-state index in [1.54, 1.807) is 30.5 Å². The number of anilines is 1. The van der Waals surface area contributed by atoms with Gasteiger partial charge in [0.05, 0.1) is 0 Å². The second-order valence-corrected chi connectivity index (χ2v) is 4.47. The summed E-state index contributed by atoms with van der Waals surface area (Å²) in [5, 5.41) is 2.75. The smallest absolute Gasteiger partial charge is 0.256 e. The zero-order valence-electron chi connectivity index (χ0n) is 10.9. The van der Waals surface area contributed by atoms with Gasteiger partial charge in [0.1, 0.15) is 5.82 Å². The zero-order valence-corrected chi connectivity index (χ0v) is 10.9. The van der Waals surface area contributed by atoms with Gasteiger partial charge in [0, 0.05) is 17.3 Å². The molecule has 102 valence electrons. The van der Waals surface area contributed by atoms with E-state index in [9.17, 15) is 4.79 Å². The van der Waals surface area contributed by atoms with Crippen LogP contribution in [0.3, 0.4) is 0 Å². The molecule has 1 aromatic carbocycles. The molecule has 0 unspecified atom stereocenters. The summed E-state index contributed by atoms with van der Waals surface area (Å²) in [6.45, 7) is 1.83. The maximum absolute atomic E-state index is 12.0. The van der Waals surface area contributed by atoms with E-state index in [4.69, 9.17) is 9.47 Å². The van der Waals surface area contributed by atoms with E-state index >= 15 is 0 Å². The van der Waals surface area contributed by atoms with Crippen molar-refractivity contribution >= 4 is 11.7 Å². The molecule has 20 heavy (non-hydrogen) atoms. The highest BCUT2D eigenvalue weighted by atomic mass is 16.9. The molecule has 1 saturated heterocycles. The fraction of sp³-hybridized carbons (Fsp3) is 0.200. The maximum atomic E-state index is 12.0. The summed E-state index contributed by atoms with van der Waals surface area (Å²) < 4.78 is 10.8. The highest BCUT2D eigenvalue weighted by Gasteiger charge is 2.28. The normalized spacial score (nSPS) is 21.1. The third-order valence-corrected chi connectivity index (χ3v) is 2.96. The molecule has 5 nitrogen and oxygen atoms in total. The van der Waals surface area contributed by atoms with Crippen molar-refractivity contribution in [3.8, 4) is 0 Å². The van der Waals surface area contributed by atoms with Gasteiger partial charge in [-0.2, -0.15) is 0 Å². The molecule has 0 atom stereocenters. The predicted octanol–water partition coefficient (Wildman–Crippen LogP) is 2.73. The molecule has 1 fully saturated rings. The quantitative estimate of drug-likeness (QED) is 0.931. The molecule has 0 spiro atoms. The van der Waals surface area contributed by atoms with Crippen LogP contribution in [0.2, 0.25) is 0 Å². The van der Waals surface area contributed by atoms with Gasteiger partial charge >= 0.3 is 0 Å². The number of aromatic nitrogens is 1. The van der Waals surface area contributed by atoms with E-state index < -0.39 is 0 Å². The Bertz CT molecular complexity index is 610. The molecule has 0 bridgehead atoms. The first-order valence-corrected chi connectivity index (χ1v) is 6.35. The number of carbonyl (C=O) groups is 1. The molecular weight excluding hydrogens is 256 g/mol. The molecular formula is C15H14N2O3. The van der Waals surface area contributed by atoms with E-state index in [2.05, 4.69) is 10.3 Å². The van der Waals surface area contributed by atoms with Crippen molar-refractivity contribution in [2.24, 2.45) is 0 Å². The summed E-state index contributed by atoms with van der Waals surface area (Å²) in [7, 11) is 0. The number of ether oxygens (including phenoxy) is 2. The average Bonchev–Trinajstić information content (AvgIpc) is 2.45. The first kappa shape index (κ1) is 12.8. The molecule has 2 heterocycles. The van der Waals surface area contributed by atoms with Crippen LogP contribution in [0.1, 0.15) is 29.1 Å². The van der Waals surface area contributed by atoms with Gasteiger partial charge in [0.15, 0.2) is 12.6 Å². The van der Waals surface area contributed by atoms with E-state index in [1.165, 1.54) is 0 Å². The number of pyridine rings is 1. The van der Waals surface area contributed by atoms with Crippen LogP contribution in [-0.2, 0) is 9.47 Å². The van der Waals surface area contributed by atoms with Crippen molar-refractivity contribution in [1.82, 2.24) is 4.98 Å². The Hall–Kier alpha value is -2.24. The maximum Gasteiger partial charge on any atom is 0.256 e. The van der Waals surface area contributed by atoms with Crippen molar-refractivity contribution in [3.63, 3.8) is 0 Å². The number of amides is 1. The first-order chi connectivity index (χ1) is 9.72. The van der Waals surface area contributed by atoms with Gasteiger partial charge < -0.3 is 14.8 Å². The number of hydrogen-bond donors (Lipinski definition) is 1. The average molecular weight is 270 g/mol. The monoisotopic (exact) mass is 270 g/mol. The zero-order chi connectivity index (χ0) is 13.9. The van der Waals surface area contributed by atoms with Gasteiger partial charge in [-0.05, 0) is 31.2 Å². The lowest BCUT2D eigenvalue weighted by Crippen LogP contribution is -2.31. The van der Waals surface area contributed by atoms with Crippen molar-refractivity contribution < 1.29 is 14.3 Å². The highest BCUT2D eigenvalue weighted by Crippen LogP contribution is 2.31. The van der Waals surface area contributed by atoms with Crippen LogP contribution in [0.4, 0.5) is 5.82 Å². The molecule has 1 N–H and O–H groups in total. The van der Waals surface area contributed by atoms with E-state index in [1.807, 2.05) is 25.1 Å². The van der Waals surface area contributed by atoms with Crippen LogP contribution in [0.15, 0.2) is 48.7 Å². The molecule has 1 amide bonds. The summed E-state index contributed by atoms with van der Waals surface area (Å²) in [6.07, 6.45) is 1.06. The molecule has 0 aliphatic carbocycles. The number of benzene rings is 1. The lowest BCUT2D eigenvalue weighted by atomic mass is 10.2. The van der Waals surface area contributed by atoms with Gasteiger partial charge in [-0.3, -0.25) is 4.79 Å². The fourth-order valence-corrected chi connectivity index (χ4v) is 1.96. The Morgan fingerprint density at radius 2 is 1.95 bits per heavy atom.